The van der Waals surface area contributed by atoms with Gasteiger partial charge in [0.25, 0.3) is 0 Å². The fourth-order valence-electron chi connectivity index (χ4n) is 1.64. The second-order valence-electron chi connectivity index (χ2n) is 3.52. The van der Waals surface area contributed by atoms with E-state index in [0.717, 1.165) is 17.7 Å². The molecule has 0 aliphatic heterocycles. The van der Waals surface area contributed by atoms with Crippen LogP contribution >= 0.6 is 11.6 Å². The van der Waals surface area contributed by atoms with Gasteiger partial charge in [0.15, 0.2) is 0 Å². The predicted molar refractivity (Wildman–Crippen MR) is 68.6 cm³/mol. The Morgan fingerprint density at radius 1 is 1.19 bits per heavy atom. The average Bonchev–Trinajstić information content (AvgIpc) is 2.31. The summed E-state index contributed by atoms with van der Waals surface area (Å²) < 4.78 is 0. The second-order valence-corrected chi connectivity index (χ2v) is 3.93. The molecule has 80 valence electrons. The minimum Gasteiger partial charge on any atom is -0.260 e. The molecule has 0 aliphatic rings. The van der Waals surface area contributed by atoms with Crippen molar-refractivity contribution in [2.45, 2.75) is 6.42 Å². The Hall–Kier alpha value is -1.60. The van der Waals surface area contributed by atoms with Gasteiger partial charge in [0.2, 0.25) is 0 Å². The van der Waals surface area contributed by atoms with Crippen LogP contribution in [0.3, 0.4) is 0 Å². The first kappa shape index (κ1) is 10.9. The first-order valence-corrected chi connectivity index (χ1v) is 5.49. The van der Waals surface area contributed by atoms with Gasteiger partial charge in [-0.05, 0) is 11.6 Å². The average molecular weight is 230 g/mol. The van der Waals surface area contributed by atoms with E-state index >= 15 is 0 Å². The van der Waals surface area contributed by atoms with Crippen LogP contribution in [-0.4, -0.2) is 4.98 Å². The van der Waals surface area contributed by atoms with Gasteiger partial charge in [-0.15, -0.1) is 0 Å². The summed E-state index contributed by atoms with van der Waals surface area (Å²) in [5.74, 6) is 0. The van der Waals surface area contributed by atoms with Crippen molar-refractivity contribution in [1.29, 1.82) is 0 Å². The predicted octanol–water partition coefficient (Wildman–Crippen LogP) is 3.97. The van der Waals surface area contributed by atoms with Gasteiger partial charge >= 0.3 is 0 Å². The van der Waals surface area contributed by atoms with Crippen LogP contribution in [0.1, 0.15) is 16.8 Å². The third kappa shape index (κ3) is 2.31. The van der Waals surface area contributed by atoms with Crippen molar-refractivity contribution in [3.05, 3.63) is 71.0 Å². The Bertz CT molecular complexity index is 491. The van der Waals surface area contributed by atoms with Crippen LogP contribution < -0.4 is 0 Å². The van der Waals surface area contributed by atoms with Crippen molar-refractivity contribution in [1.82, 2.24) is 4.98 Å². The van der Waals surface area contributed by atoms with Gasteiger partial charge in [-0.2, -0.15) is 0 Å². The standard InChI is InChI=1S/C14H12ClN/c1-2-12-13(15)8-9-16-14(12)10-11-6-4-3-5-7-11/h2-9H,1,10H2. The molecule has 0 radical (unpaired) electrons. The zero-order valence-electron chi connectivity index (χ0n) is 8.86. The highest BCUT2D eigenvalue weighted by Crippen LogP contribution is 2.21. The number of pyridine rings is 1. The fourth-order valence-corrected chi connectivity index (χ4v) is 1.88. The van der Waals surface area contributed by atoms with E-state index in [0.29, 0.717) is 5.02 Å². The smallest absolute Gasteiger partial charge is 0.0534 e. The molecule has 1 heterocycles. The summed E-state index contributed by atoms with van der Waals surface area (Å²) in [6, 6.07) is 12.0. The molecule has 2 heteroatoms. The van der Waals surface area contributed by atoms with Crippen molar-refractivity contribution in [3.63, 3.8) is 0 Å². The van der Waals surface area contributed by atoms with Crippen LogP contribution in [0.15, 0.2) is 49.2 Å². The van der Waals surface area contributed by atoms with Crippen molar-refractivity contribution in [3.8, 4) is 0 Å². The van der Waals surface area contributed by atoms with E-state index in [2.05, 4.69) is 23.7 Å². The van der Waals surface area contributed by atoms with Crippen LogP contribution in [0.4, 0.5) is 0 Å². The Morgan fingerprint density at radius 3 is 2.62 bits per heavy atom. The summed E-state index contributed by atoms with van der Waals surface area (Å²) >= 11 is 6.08. The van der Waals surface area contributed by atoms with Crippen LogP contribution in [0, 0.1) is 0 Å². The Kier molecular flexibility index (Phi) is 3.37. The van der Waals surface area contributed by atoms with Crippen molar-refractivity contribution < 1.29 is 0 Å². The highest BCUT2D eigenvalue weighted by atomic mass is 35.5. The maximum atomic E-state index is 6.08. The minimum atomic E-state index is 0.705. The Balaban J connectivity index is 2.35. The maximum absolute atomic E-state index is 6.08. The lowest BCUT2D eigenvalue weighted by Crippen LogP contribution is -1.95. The molecule has 0 aliphatic carbocycles. The molecule has 16 heavy (non-hydrogen) atoms. The van der Waals surface area contributed by atoms with Crippen LogP contribution in [0.5, 0.6) is 0 Å². The van der Waals surface area contributed by atoms with E-state index < -0.39 is 0 Å². The molecule has 2 rings (SSSR count). The fraction of sp³-hybridized carbons (Fsp3) is 0.0714. The number of hydrogen-bond donors (Lipinski definition) is 0. The van der Waals surface area contributed by atoms with Gasteiger partial charge in [0, 0.05) is 18.2 Å². The summed E-state index contributed by atoms with van der Waals surface area (Å²) in [5, 5.41) is 0.705. The summed E-state index contributed by atoms with van der Waals surface area (Å²) in [7, 11) is 0. The maximum Gasteiger partial charge on any atom is 0.0534 e. The molecule has 0 spiro atoms. The number of benzene rings is 1. The quantitative estimate of drug-likeness (QED) is 0.776. The molecule has 2 aromatic rings. The zero-order chi connectivity index (χ0) is 11.4. The van der Waals surface area contributed by atoms with E-state index in [1.807, 2.05) is 18.2 Å². The summed E-state index contributed by atoms with van der Waals surface area (Å²) in [5.41, 5.74) is 3.11. The molecule has 0 bridgehead atoms. The van der Waals surface area contributed by atoms with Gasteiger partial charge in [0.1, 0.15) is 0 Å². The number of halogens is 1. The third-order valence-electron chi connectivity index (χ3n) is 2.44. The normalized spacial score (nSPS) is 10.1. The highest BCUT2D eigenvalue weighted by molar-refractivity contribution is 6.32. The van der Waals surface area contributed by atoms with E-state index in [-0.39, 0.29) is 0 Å². The van der Waals surface area contributed by atoms with E-state index in [4.69, 9.17) is 11.6 Å². The first-order valence-electron chi connectivity index (χ1n) is 5.11. The SMILES string of the molecule is C=Cc1c(Cl)ccnc1Cc1ccccc1. The van der Waals surface area contributed by atoms with Crippen LogP contribution in [0.25, 0.3) is 6.08 Å². The lowest BCUT2D eigenvalue weighted by Gasteiger charge is -2.06. The second kappa shape index (κ2) is 4.95. The minimum absolute atomic E-state index is 0.705. The molecule has 0 atom stereocenters. The van der Waals surface area contributed by atoms with Crippen molar-refractivity contribution >= 4 is 17.7 Å². The summed E-state index contributed by atoms with van der Waals surface area (Å²) in [6.45, 7) is 3.77. The molecule has 0 saturated heterocycles. The molecule has 0 amide bonds. The van der Waals surface area contributed by atoms with Crippen molar-refractivity contribution in [2.24, 2.45) is 0 Å². The monoisotopic (exact) mass is 229 g/mol. The number of hydrogen-bond acceptors (Lipinski definition) is 1. The first-order chi connectivity index (χ1) is 7.81. The lowest BCUT2D eigenvalue weighted by atomic mass is 10.1. The molecule has 0 fully saturated rings. The van der Waals surface area contributed by atoms with E-state index in [9.17, 15) is 0 Å². The summed E-state index contributed by atoms with van der Waals surface area (Å²) in [6.07, 6.45) is 4.27. The van der Waals surface area contributed by atoms with Gasteiger partial charge in [-0.1, -0.05) is 54.6 Å². The van der Waals surface area contributed by atoms with E-state index in [1.54, 1.807) is 18.3 Å². The lowest BCUT2D eigenvalue weighted by molar-refractivity contribution is 1.07. The molecule has 1 nitrogen and oxygen atoms in total. The van der Waals surface area contributed by atoms with Crippen LogP contribution in [-0.2, 0) is 6.42 Å². The Labute approximate surface area is 100 Å². The van der Waals surface area contributed by atoms with E-state index in [1.165, 1.54) is 5.56 Å². The van der Waals surface area contributed by atoms with Crippen molar-refractivity contribution in [2.75, 3.05) is 0 Å². The topological polar surface area (TPSA) is 12.9 Å². The number of nitrogens with zero attached hydrogens (tertiary/aromatic N) is 1. The molecular weight excluding hydrogens is 218 g/mol. The highest BCUT2D eigenvalue weighted by Gasteiger charge is 2.05. The van der Waals surface area contributed by atoms with Crippen LogP contribution in [0.2, 0.25) is 5.02 Å². The molecular formula is C14H12ClN. The van der Waals surface area contributed by atoms with Gasteiger partial charge < -0.3 is 0 Å². The molecule has 0 N–H and O–H groups in total. The summed E-state index contributed by atoms with van der Waals surface area (Å²) in [4.78, 5) is 4.35. The molecule has 0 saturated carbocycles. The third-order valence-corrected chi connectivity index (χ3v) is 2.77. The number of rotatable bonds is 3. The Morgan fingerprint density at radius 2 is 1.94 bits per heavy atom. The van der Waals surface area contributed by atoms with Gasteiger partial charge in [0.05, 0.1) is 10.7 Å². The molecule has 1 aromatic heterocycles. The number of aromatic nitrogens is 1. The van der Waals surface area contributed by atoms with Gasteiger partial charge in [-0.25, -0.2) is 0 Å². The zero-order valence-corrected chi connectivity index (χ0v) is 9.61. The van der Waals surface area contributed by atoms with Gasteiger partial charge in [-0.3, -0.25) is 4.98 Å². The molecule has 0 unspecified atom stereocenters. The molecule has 1 aromatic carbocycles. The largest absolute Gasteiger partial charge is 0.260 e.